The summed E-state index contributed by atoms with van der Waals surface area (Å²) in [5, 5.41) is 13.1. The Bertz CT molecular complexity index is 397. The van der Waals surface area contributed by atoms with E-state index in [0.717, 1.165) is 36.3 Å². The van der Waals surface area contributed by atoms with Crippen LogP contribution in [0.5, 0.6) is 0 Å². The largest absolute Gasteiger partial charge is 0.399 e. The highest BCUT2D eigenvalue weighted by Gasteiger charge is 2.30. The molecule has 0 aliphatic heterocycles. The summed E-state index contributed by atoms with van der Waals surface area (Å²) in [4.78, 5) is 0. The number of aliphatic hydroxyl groups is 1. The fourth-order valence-electron chi connectivity index (χ4n) is 2.77. The summed E-state index contributed by atoms with van der Waals surface area (Å²) in [7, 11) is 0. The fourth-order valence-corrected chi connectivity index (χ4v) is 2.77. The number of aliphatic hydroxyl groups excluding tert-OH is 1. The van der Waals surface area contributed by atoms with Crippen LogP contribution in [0.25, 0.3) is 0 Å². The Morgan fingerprint density at radius 2 is 2.00 bits per heavy atom. The van der Waals surface area contributed by atoms with E-state index in [9.17, 15) is 5.11 Å². The minimum atomic E-state index is 0.0769. The Morgan fingerprint density at radius 1 is 1.28 bits per heavy atom. The monoisotopic (exact) mass is 248 g/mol. The van der Waals surface area contributed by atoms with E-state index in [4.69, 9.17) is 5.73 Å². The van der Waals surface area contributed by atoms with Crippen LogP contribution in [0.4, 0.5) is 11.4 Å². The van der Waals surface area contributed by atoms with E-state index in [2.05, 4.69) is 11.4 Å². The van der Waals surface area contributed by atoms with Crippen LogP contribution in [-0.4, -0.2) is 18.3 Å². The molecule has 1 aliphatic rings. The molecule has 1 aliphatic carbocycles. The summed E-state index contributed by atoms with van der Waals surface area (Å²) in [6.07, 6.45) is 6.05. The molecule has 0 bridgehead atoms. The quantitative estimate of drug-likeness (QED) is 0.718. The first kappa shape index (κ1) is 13.2. The first-order valence-electron chi connectivity index (χ1n) is 6.86. The van der Waals surface area contributed by atoms with E-state index < -0.39 is 0 Å². The smallest absolute Gasteiger partial charge is 0.0504 e. The minimum absolute atomic E-state index is 0.0769. The molecule has 0 amide bonds. The van der Waals surface area contributed by atoms with E-state index in [1.165, 1.54) is 19.3 Å². The van der Waals surface area contributed by atoms with Crippen LogP contribution in [0.3, 0.4) is 0 Å². The fraction of sp³-hybridized carbons (Fsp3) is 0.600. The summed E-state index contributed by atoms with van der Waals surface area (Å²) >= 11 is 0. The molecule has 0 saturated heterocycles. The molecule has 0 heterocycles. The van der Waals surface area contributed by atoms with Crippen molar-refractivity contribution < 1.29 is 5.11 Å². The summed E-state index contributed by atoms with van der Waals surface area (Å²) in [5.41, 5.74) is 8.91. The molecular formula is C15H24N2O. The van der Waals surface area contributed by atoms with Gasteiger partial charge in [0.05, 0.1) is 6.61 Å². The van der Waals surface area contributed by atoms with Crippen molar-refractivity contribution in [2.75, 3.05) is 24.2 Å². The topological polar surface area (TPSA) is 58.3 Å². The number of nitrogen functional groups attached to an aromatic ring is 1. The first-order chi connectivity index (χ1) is 8.65. The number of hydrogen-bond acceptors (Lipinski definition) is 3. The predicted molar refractivity (Wildman–Crippen MR) is 76.7 cm³/mol. The Morgan fingerprint density at radius 3 is 2.61 bits per heavy atom. The molecule has 1 aromatic rings. The van der Waals surface area contributed by atoms with Crippen LogP contribution in [-0.2, 0) is 0 Å². The molecule has 2 rings (SSSR count). The lowest BCUT2D eigenvalue weighted by atomic mass is 9.74. The zero-order chi connectivity index (χ0) is 13.0. The highest BCUT2D eigenvalue weighted by atomic mass is 16.3. The molecule has 0 spiro atoms. The van der Waals surface area contributed by atoms with Gasteiger partial charge in [-0.3, -0.25) is 0 Å². The average Bonchev–Trinajstić information content (AvgIpc) is 2.41. The van der Waals surface area contributed by atoms with E-state index in [1.54, 1.807) is 0 Å². The second-order valence-electron chi connectivity index (χ2n) is 5.64. The third-order valence-electron chi connectivity index (χ3n) is 4.19. The van der Waals surface area contributed by atoms with Crippen LogP contribution in [0, 0.1) is 12.3 Å². The molecule has 0 radical (unpaired) electrons. The number of rotatable bonds is 4. The maximum Gasteiger partial charge on any atom is 0.0504 e. The van der Waals surface area contributed by atoms with Gasteiger partial charge >= 0.3 is 0 Å². The third-order valence-corrected chi connectivity index (χ3v) is 4.19. The molecule has 100 valence electrons. The lowest BCUT2D eigenvalue weighted by molar-refractivity contribution is 0.0944. The Balaban J connectivity index is 1.98. The van der Waals surface area contributed by atoms with Gasteiger partial charge in [-0.25, -0.2) is 0 Å². The van der Waals surface area contributed by atoms with E-state index in [-0.39, 0.29) is 12.0 Å². The molecule has 0 atom stereocenters. The number of aryl methyl sites for hydroxylation is 1. The van der Waals surface area contributed by atoms with Crippen LogP contribution in [0.1, 0.15) is 37.7 Å². The standard InChI is InChI=1S/C15H24N2O/c1-12-9-13(5-6-14(12)16)17-10-15(11-18)7-3-2-4-8-15/h5-6,9,17-18H,2-4,7-8,10-11,16H2,1H3. The molecule has 3 heteroatoms. The van der Waals surface area contributed by atoms with Gasteiger partial charge < -0.3 is 16.2 Å². The maximum atomic E-state index is 9.66. The van der Waals surface area contributed by atoms with Gasteiger partial charge in [-0.15, -0.1) is 0 Å². The number of hydrogen-bond donors (Lipinski definition) is 3. The minimum Gasteiger partial charge on any atom is -0.399 e. The lowest BCUT2D eigenvalue weighted by Crippen LogP contribution is -2.35. The Hall–Kier alpha value is -1.22. The molecule has 0 aromatic heterocycles. The number of anilines is 2. The van der Waals surface area contributed by atoms with Crippen molar-refractivity contribution in [2.45, 2.75) is 39.0 Å². The van der Waals surface area contributed by atoms with Crippen molar-refractivity contribution in [3.05, 3.63) is 23.8 Å². The van der Waals surface area contributed by atoms with Crippen molar-refractivity contribution in [3.8, 4) is 0 Å². The predicted octanol–water partition coefficient (Wildman–Crippen LogP) is 2.93. The van der Waals surface area contributed by atoms with Gasteiger partial charge in [-0.1, -0.05) is 19.3 Å². The van der Waals surface area contributed by atoms with Gasteiger partial charge in [0.25, 0.3) is 0 Å². The molecular weight excluding hydrogens is 224 g/mol. The second kappa shape index (κ2) is 5.61. The van der Waals surface area contributed by atoms with Crippen LogP contribution >= 0.6 is 0 Å². The highest BCUT2D eigenvalue weighted by Crippen LogP contribution is 2.36. The van der Waals surface area contributed by atoms with Gasteiger partial charge in [-0.05, 0) is 43.5 Å². The lowest BCUT2D eigenvalue weighted by Gasteiger charge is -2.36. The molecule has 18 heavy (non-hydrogen) atoms. The van der Waals surface area contributed by atoms with Gasteiger partial charge in [0.1, 0.15) is 0 Å². The zero-order valence-electron chi connectivity index (χ0n) is 11.2. The molecule has 4 N–H and O–H groups in total. The van der Waals surface area contributed by atoms with Crippen LogP contribution in [0.2, 0.25) is 0 Å². The Kier molecular flexibility index (Phi) is 4.12. The van der Waals surface area contributed by atoms with Crippen molar-refractivity contribution in [1.82, 2.24) is 0 Å². The Labute approximate surface area is 109 Å². The molecule has 1 fully saturated rings. The van der Waals surface area contributed by atoms with Gasteiger partial charge in [0, 0.05) is 23.3 Å². The summed E-state index contributed by atoms with van der Waals surface area (Å²) in [5.74, 6) is 0. The summed E-state index contributed by atoms with van der Waals surface area (Å²) < 4.78 is 0. The summed E-state index contributed by atoms with van der Waals surface area (Å²) in [6.45, 7) is 3.16. The van der Waals surface area contributed by atoms with Gasteiger partial charge in [0.15, 0.2) is 0 Å². The van der Waals surface area contributed by atoms with Crippen molar-refractivity contribution in [3.63, 3.8) is 0 Å². The van der Waals surface area contributed by atoms with Crippen LogP contribution in [0.15, 0.2) is 18.2 Å². The first-order valence-corrected chi connectivity index (χ1v) is 6.86. The normalized spacial score (nSPS) is 18.6. The van der Waals surface area contributed by atoms with Gasteiger partial charge in [0.2, 0.25) is 0 Å². The zero-order valence-corrected chi connectivity index (χ0v) is 11.2. The van der Waals surface area contributed by atoms with Gasteiger partial charge in [-0.2, -0.15) is 0 Å². The molecule has 1 aromatic carbocycles. The van der Waals surface area contributed by atoms with Crippen molar-refractivity contribution >= 4 is 11.4 Å². The highest BCUT2D eigenvalue weighted by molar-refractivity contribution is 5.56. The number of nitrogens with one attached hydrogen (secondary N) is 1. The number of nitrogens with two attached hydrogens (primary N) is 1. The SMILES string of the molecule is Cc1cc(NCC2(CO)CCCCC2)ccc1N. The molecule has 3 nitrogen and oxygen atoms in total. The van der Waals surface area contributed by atoms with E-state index in [0.29, 0.717) is 0 Å². The summed E-state index contributed by atoms with van der Waals surface area (Å²) in [6, 6.07) is 6.02. The van der Waals surface area contributed by atoms with E-state index >= 15 is 0 Å². The van der Waals surface area contributed by atoms with Crippen LogP contribution < -0.4 is 11.1 Å². The van der Waals surface area contributed by atoms with E-state index in [1.807, 2.05) is 19.1 Å². The number of benzene rings is 1. The maximum absolute atomic E-state index is 9.66. The molecule has 1 saturated carbocycles. The second-order valence-corrected chi connectivity index (χ2v) is 5.64. The molecule has 0 unspecified atom stereocenters. The average molecular weight is 248 g/mol. The van der Waals surface area contributed by atoms with Crippen molar-refractivity contribution in [2.24, 2.45) is 5.41 Å². The third kappa shape index (κ3) is 2.96. The van der Waals surface area contributed by atoms with Crippen molar-refractivity contribution in [1.29, 1.82) is 0 Å².